The molecule has 0 fully saturated rings. The van der Waals surface area contributed by atoms with Gasteiger partial charge in [0.1, 0.15) is 0 Å². The number of aliphatic hydroxyl groups is 1. The summed E-state index contributed by atoms with van der Waals surface area (Å²) in [4.78, 5) is 12.1. The summed E-state index contributed by atoms with van der Waals surface area (Å²) in [5, 5.41) is 10.0. The first-order valence-corrected chi connectivity index (χ1v) is 14.0. The Morgan fingerprint density at radius 2 is 1.06 bits per heavy atom. The second kappa shape index (κ2) is 24.1. The number of unbranched alkanes of at least 4 members (excludes halogenated alkanes) is 12. The number of carbonyl (C=O) groups is 1. The summed E-state index contributed by atoms with van der Waals surface area (Å²) >= 11 is 0. The van der Waals surface area contributed by atoms with E-state index in [-0.39, 0.29) is 12.1 Å². The van der Waals surface area contributed by atoms with E-state index in [0.29, 0.717) is 18.9 Å². The Labute approximate surface area is 195 Å². The molecule has 1 N–H and O–H groups in total. The highest BCUT2D eigenvalue weighted by Gasteiger charge is 2.12. The highest BCUT2D eigenvalue weighted by molar-refractivity contribution is 5.69. The van der Waals surface area contributed by atoms with Crippen LogP contribution >= 0.6 is 0 Å². The Morgan fingerprint density at radius 1 is 0.613 bits per heavy atom. The van der Waals surface area contributed by atoms with E-state index in [2.05, 4.69) is 20.8 Å². The third-order valence-electron chi connectivity index (χ3n) is 6.47. The molecule has 0 saturated heterocycles. The number of esters is 1. The van der Waals surface area contributed by atoms with E-state index in [0.717, 1.165) is 32.1 Å². The highest BCUT2D eigenvalue weighted by Crippen LogP contribution is 2.19. The fraction of sp³-hybridized carbons (Fsp3) is 0.964. The normalized spacial score (nSPS) is 13.3. The molecule has 0 heterocycles. The molecule has 0 spiro atoms. The molecule has 0 aromatic heterocycles. The zero-order valence-electron chi connectivity index (χ0n) is 21.5. The van der Waals surface area contributed by atoms with E-state index in [1.54, 1.807) is 0 Å². The van der Waals surface area contributed by atoms with Crippen molar-refractivity contribution in [3.63, 3.8) is 0 Å². The molecular weight excluding hydrogens is 384 g/mol. The lowest BCUT2D eigenvalue weighted by Gasteiger charge is -2.16. The van der Waals surface area contributed by atoms with Crippen molar-refractivity contribution in [3.8, 4) is 0 Å². The number of carbonyl (C=O) groups excluding carboxylic acids is 1. The molecular formula is C28H56O3. The summed E-state index contributed by atoms with van der Waals surface area (Å²) in [5.41, 5.74) is 0. The third-order valence-corrected chi connectivity index (χ3v) is 6.47. The summed E-state index contributed by atoms with van der Waals surface area (Å²) in [5.74, 6) is 0.559. The van der Waals surface area contributed by atoms with Crippen molar-refractivity contribution in [2.45, 2.75) is 162 Å². The van der Waals surface area contributed by atoms with Crippen molar-refractivity contribution in [1.82, 2.24) is 0 Å². The fourth-order valence-electron chi connectivity index (χ4n) is 4.25. The molecule has 186 valence electrons. The molecule has 0 radical (unpaired) electrons. The average Bonchev–Trinajstić information content (AvgIpc) is 2.77. The lowest BCUT2D eigenvalue weighted by atomic mass is 9.96. The van der Waals surface area contributed by atoms with Crippen molar-refractivity contribution in [2.75, 3.05) is 6.61 Å². The molecule has 0 saturated carbocycles. The molecule has 3 nitrogen and oxygen atoms in total. The second-order valence-electron chi connectivity index (χ2n) is 9.70. The zero-order chi connectivity index (χ0) is 23.0. The van der Waals surface area contributed by atoms with Crippen LogP contribution in [0.25, 0.3) is 0 Å². The molecule has 0 rings (SSSR count). The van der Waals surface area contributed by atoms with Gasteiger partial charge in [-0.1, -0.05) is 117 Å². The largest absolute Gasteiger partial charge is 0.465 e. The molecule has 31 heavy (non-hydrogen) atoms. The predicted molar refractivity (Wildman–Crippen MR) is 134 cm³/mol. The van der Waals surface area contributed by atoms with Crippen LogP contribution in [0.5, 0.6) is 0 Å². The highest BCUT2D eigenvalue weighted by atomic mass is 16.5. The van der Waals surface area contributed by atoms with Crippen LogP contribution in [0, 0.1) is 5.92 Å². The van der Waals surface area contributed by atoms with Crippen LogP contribution in [0.1, 0.15) is 156 Å². The molecule has 3 heteroatoms. The lowest BCUT2D eigenvalue weighted by Crippen LogP contribution is -2.14. The Morgan fingerprint density at radius 3 is 1.65 bits per heavy atom. The zero-order valence-corrected chi connectivity index (χ0v) is 21.5. The minimum atomic E-state index is -0.0978. The summed E-state index contributed by atoms with van der Waals surface area (Å²) in [6.07, 6.45) is 24.2. The van der Waals surface area contributed by atoms with Crippen LogP contribution in [-0.4, -0.2) is 23.8 Å². The van der Waals surface area contributed by atoms with Gasteiger partial charge in [0.2, 0.25) is 0 Å². The summed E-state index contributed by atoms with van der Waals surface area (Å²) < 4.78 is 5.61. The molecule has 0 aromatic rings. The van der Waals surface area contributed by atoms with E-state index >= 15 is 0 Å². The number of hydrogen-bond acceptors (Lipinski definition) is 3. The Hall–Kier alpha value is -0.570. The smallest absolute Gasteiger partial charge is 0.305 e. The van der Waals surface area contributed by atoms with Crippen molar-refractivity contribution in [2.24, 2.45) is 5.92 Å². The molecule has 0 aliphatic rings. The maximum absolute atomic E-state index is 12.1. The van der Waals surface area contributed by atoms with Gasteiger partial charge >= 0.3 is 5.97 Å². The third kappa shape index (κ3) is 22.4. The van der Waals surface area contributed by atoms with Gasteiger partial charge in [0.25, 0.3) is 0 Å². The Kier molecular flexibility index (Phi) is 23.6. The minimum Gasteiger partial charge on any atom is -0.465 e. The molecule has 0 bridgehead atoms. The Bertz CT molecular complexity index is 369. The van der Waals surface area contributed by atoms with Crippen LogP contribution in [0.2, 0.25) is 0 Å². The van der Waals surface area contributed by atoms with E-state index in [1.807, 2.05) is 0 Å². The maximum Gasteiger partial charge on any atom is 0.305 e. The Balaban J connectivity index is 3.61. The van der Waals surface area contributed by atoms with E-state index in [4.69, 9.17) is 4.74 Å². The fourth-order valence-corrected chi connectivity index (χ4v) is 4.25. The van der Waals surface area contributed by atoms with Crippen LogP contribution in [0.15, 0.2) is 0 Å². The first-order valence-electron chi connectivity index (χ1n) is 14.0. The predicted octanol–water partition coefficient (Wildman–Crippen LogP) is 8.76. The summed E-state index contributed by atoms with van der Waals surface area (Å²) in [6.45, 7) is 7.33. The number of aliphatic hydroxyl groups excluding tert-OH is 1. The average molecular weight is 441 g/mol. The number of rotatable bonds is 24. The van der Waals surface area contributed by atoms with Gasteiger partial charge in [-0.2, -0.15) is 0 Å². The van der Waals surface area contributed by atoms with Gasteiger partial charge in [-0.15, -0.1) is 0 Å². The molecule has 2 unspecified atom stereocenters. The molecule has 2 atom stereocenters. The van der Waals surface area contributed by atoms with Crippen molar-refractivity contribution in [3.05, 3.63) is 0 Å². The second-order valence-corrected chi connectivity index (χ2v) is 9.70. The molecule has 0 aromatic carbocycles. The molecule has 0 aliphatic heterocycles. The van der Waals surface area contributed by atoms with Gasteiger partial charge < -0.3 is 9.84 Å². The van der Waals surface area contributed by atoms with Crippen LogP contribution in [-0.2, 0) is 9.53 Å². The first-order chi connectivity index (χ1) is 15.1. The number of hydrogen-bond donors (Lipinski definition) is 1. The first kappa shape index (κ1) is 30.4. The summed E-state index contributed by atoms with van der Waals surface area (Å²) in [7, 11) is 0. The van der Waals surface area contributed by atoms with E-state index in [1.165, 1.54) is 96.3 Å². The monoisotopic (exact) mass is 440 g/mol. The maximum atomic E-state index is 12.1. The van der Waals surface area contributed by atoms with Crippen LogP contribution < -0.4 is 0 Å². The lowest BCUT2D eigenvalue weighted by molar-refractivity contribution is -0.145. The topological polar surface area (TPSA) is 46.5 Å². The summed E-state index contributed by atoms with van der Waals surface area (Å²) in [6, 6.07) is 0. The minimum absolute atomic E-state index is 0.00116. The van der Waals surface area contributed by atoms with Gasteiger partial charge in [-0.05, 0) is 38.0 Å². The van der Waals surface area contributed by atoms with Gasteiger partial charge in [0.05, 0.1) is 12.7 Å². The standard InChI is InChI=1S/C28H56O3/c1-4-7-10-16-21-26(20-9-6-3)25-31-28(30)24-19-15-13-12-14-18-23-27(29)22-17-11-8-5-2/h26-27,29H,4-25H2,1-3H3. The van der Waals surface area contributed by atoms with Gasteiger partial charge in [0, 0.05) is 6.42 Å². The van der Waals surface area contributed by atoms with Crippen molar-refractivity contribution in [1.29, 1.82) is 0 Å². The van der Waals surface area contributed by atoms with Crippen molar-refractivity contribution < 1.29 is 14.6 Å². The van der Waals surface area contributed by atoms with E-state index in [9.17, 15) is 9.90 Å². The molecule has 0 amide bonds. The van der Waals surface area contributed by atoms with Gasteiger partial charge in [-0.3, -0.25) is 4.79 Å². The van der Waals surface area contributed by atoms with Gasteiger partial charge in [0.15, 0.2) is 0 Å². The van der Waals surface area contributed by atoms with Crippen LogP contribution in [0.4, 0.5) is 0 Å². The van der Waals surface area contributed by atoms with E-state index < -0.39 is 0 Å². The number of ether oxygens (including phenoxy) is 1. The quantitative estimate of drug-likeness (QED) is 0.120. The van der Waals surface area contributed by atoms with Gasteiger partial charge in [-0.25, -0.2) is 0 Å². The molecule has 0 aliphatic carbocycles. The SMILES string of the molecule is CCCCCCC(O)CCCCCCCCC(=O)OCC(CCCC)CCCCCC. The van der Waals surface area contributed by atoms with Crippen LogP contribution in [0.3, 0.4) is 0 Å². The van der Waals surface area contributed by atoms with Crippen molar-refractivity contribution >= 4 is 5.97 Å².